The lowest BCUT2D eigenvalue weighted by Gasteiger charge is -2.31. The smallest absolute Gasteiger partial charge is 0.294 e. The molecule has 1 aromatic carbocycles. The highest BCUT2D eigenvalue weighted by Crippen LogP contribution is 2.25. The Balaban J connectivity index is 1.41. The molecule has 130 valence electrons. The summed E-state index contributed by atoms with van der Waals surface area (Å²) in [6, 6.07) is 5.80. The van der Waals surface area contributed by atoms with Crippen LogP contribution in [0.25, 0.3) is 10.2 Å². The molecule has 0 aliphatic carbocycles. The first-order valence-electron chi connectivity index (χ1n) is 8.34. The molecule has 4 rings (SSSR count). The van der Waals surface area contributed by atoms with Gasteiger partial charge in [0, 0.05) is 31.5 Å². The fourth-order valence-electron chi connectivity index (χ4n) is 2.97. The average Bonchev–Trinajstić information content (AvgIpc) is 3.30. The van der Waals surface area contributed by atoms with Crippen LogP contribution in [-0.2, 0) is 6.42 Å². The second-order valence-electron chi connectivity index (χ2n) is 5.96. The highest BCUT2D eigenvalue weighted by molar-refractivity contribution is 7.18. The fourth-order valence-corrected chi connectivity index (χ4v) is 4.39. The van der Waals surface area contributed by atoms with Crippen LogP contribution >= 0.6 is 22.7 Å². The number of likely N-dealkylation sites (tertiary alicyclic amines) is 1. The zero-order valence-electron chi connectivity index (χ0n) is 13.8. The van der Waals surface area contributed by atoms with Gasteiger partial charge in [-0.05, 0) is 24.6 Å². The molecule has 25 heavy (non-hydrogen) atoms. The van der Waals surface area contributed by atoms with Gasteiger partial charge in [0.25, 0.3) is 11.1 Å². The van der Waals surface area contributed by atoms with Crippen LogP contribution in [0.3, 0.4) is 0 Å². The average molecular weight is 374 g/mol. The van der Waals surface area contributed by atoms with E-state index in [2.05, 4.69) is 22.1 Å². The molecule has 3 heterocycles. The maximum Gasteiger partial charge on any atom is 0.294 e. The summed E-state index contributed by atoms with van der Waals surface area (Å²) in [5.74, 6) is 0.0858. The maximum absolute atomic E-state index is 12.8. The largest absolute Gasteiger partial charge is 0.465 e. The van der Waals surface area contributed by atoms with Gasteiger partial charge in [-0.2, -0.15) is 0 Å². The number of ether oxygens (including phenoxy) is 1. The number of carbonyl (C=O) groups is 1. The summed E-state index contributed by atoms with van der Waals surface area (Å²) in [6.45, 7) is 3.49. The summed E-state index contributed by atoms with van der Waals surface area (Å²) in [4.78, 5) is 19.3. The third-order valence-corrected chi connectivity index (χ3v) is 6.06. The van der Waals surface area contributed by atoms with E-state index in [0.717, 1.165) is 40.1 Å². The van der Waals surface area contributed by atoms with Gasteiger partial charge in [0.15, 0.2) is 0 Å². The topological polar surface area (TPSA) is 68.2 Å². The summed E-state index contributed by atoms with van der Waals surface area (Å²) in [5.41, 5.74) is 3.37. The molecule has 0 bridgehead atoms. The molecule has 1 saturated heterocycles. The van der Waals surface area contributed by atoms with E-state index in [0.29, 0.717) is 18.3 Å². The normalized spacial score (nSPS) is 15.6. The molecule has 0 radical (unpaired) electrons. The molecular weight excluding hydrogens is 356 g/mol. The molecular formula is C17H18N4O2S2. The predicted octanol–water partition coefficient (Wildman–Crippen LogP) is 3.39. The van der Waals surface area contributed by atoms with Gasteiger partial charge < -0.3 is 9.64 Å². The van der Waals surface area contributed by atoms with Crippen LogP contribution in [0.15, 0.2) is 23.7 Å². The van der Waals surface area contributed by atoms with Crippen LogP contribution < -0.4 is 4.74 Å². The Morgan fingerprint density at radius 3 is 2.92 bits per heavy atom. The van der Waals surface area contributed by atoms with Crippen molar-refractivity contribution in [2.24, 2.45) is 0 Å². The number of rotatable bonds is 4. The Bertz CT molecular complexity index is 870. The summed E-state index contributed by atoms with van der Waals surface area (Å²) >= 11 is 3.06. The van der Waals surface area contributed by atoms with Crippen molar-refractivity contribution < 1.29 is 9.53 Å². The standard InChI is InChI=1S/C17H18N4O2S2/c1-2-15-19-13-4-3-11(9-14(13)25-15)16(22)21-7-5-12(6-8-21)23-17-20-18-10-24-17/h3-4,9-10,12H,2,5-8H2,1H3. The number of fused-ring (bicyclic) bond motifs is 1. The number of hydrogen-bond acceptors (Lipinski definition) is 7. The van der Waals surface area contributed by atoms with E-state index < -0.39 is 0 Å². The van der Waals surface area contributed by atoms with Gasteiger partial charge in [0.1, 0.15) is 11.6 Å². The fraction of sp³-hybridized carbons (Fsp3) is 0.412. The van der Waals surface area contributed by atoms with Crippen LogP contribution in [0.4, 0.5) is 0 Å². The van der Waals surface area contributed by atoms with Crippen molar-refractivity contribution in [3.63, 3.8) is 0 Å². The summed E-state index contributed by atoms with van der Waals surface area (Å²) in [5, 5.41) is 9.40. The van der Waals surface area contributed by atoms with E-state index in [1.807, 2.05) is 23.1 Å². The van der Waals surface area contributed by atoms with Gasteiger partial charge in [-0.3, -0.25) is 4.79 Å². The number of piperidine rings is 1. The molecule has 8 heteroatoms. The molecule has 0 N–H and O–H groups in total. The van der Waals surface area contributed by atoms with E-state index in [9.17, 15) is 4.79 Å². The minimum Gasteiger partial charge on any atom is -0.465 e. The summed E-state index contributed by atoms with van der Waals surface area (Å²) in [7, 11) is 0. The van der Waals surface area contributed by atoms with Crippen molar-refractivity contribution in [1.29, 1.82) is 0 Å². The first kappa shape index (κ1) is 16.4. The van der Waals surface area contributed by atoms with E-state index in [1.54, 1.807) is 16.8 Å². The summed E-state index contributed by atoms with van der Waals surface area (Å²) in [6.07, 6.45) is 2.65. The molecule has 1 aliphatic heterocycles. The molecule has 0 spiro atoms. The Morgan fingerprint density at radius 2 is 2.20 bits per heavy atom. The van der Waals surface area contributed by atoms with Crippen LogP contribution in [0.2, 0.25) is 0 Å². The quantitative estimate of drug-likeness (QED) is 0.700. The monoisotopic (exact) mass is 374 g/mol. The van der Waals surface area contributed by atoms with Gasteiger partial charge in [-0.1, -0.05) is 18.3 Å². The molecule has 1 amide bonds. The van der Waals surface area contributed by atoms with Gasteiger partial charge >= 0.3 is 0 Å². The lowest BCUT2D eigenvalue weighted by molar-refractivity contribution is 0.0594. The number of aryl methyl sites for hydroxylation is 1. The second kappa shape index (κ2) is 7.05. The van der Waals surface area contributed by atoms with Crippen molar-refractivity contribution in [2.45, 2.75) is 32.3 Å². The Labute approximate surface area is 153 Å². The number of aromatic nitrogens is 3. The number of amides is 1. The van der Waals surface area contributed by atoms with E-state index >= 15 is 0 Å². The van der Waals surface area contributed by atoms with Gasteiger partial charge in [0.2, 0.25) is 0 Å². The third kappa shape index (κ3) is 3.50. The van der Waals surface area contributed by atoms with E-state index in [4.69, 9.17) is 4.74 Å². The molecule has 0 saturated carbocycles. The third-order valence-electron chi connectivity index (χ3n) is 4.32. The number of thiazole rings is 1. The van der Waals surface area contributed by atoms with E-state index in [1.165, 1.54) is 11.3 Å². The zero-order valence-corrected chi connectivity index (χ0v) is 15.5. The second-order valence-corrected chi connectivity index (χ2v) is 7.87. The number of nitrogens with zero attached hydrogens (tertiary/aromatic N) is 4. The van der Waals surface area contributed by atoms with Crippen molar-refractivity contribution in [2.75, 3.05) is 13.1 Å². The first-order chi connectivity index (χ1) is 12.2. The van der Waals surface area contributed by atoms with Crippen LogP contribution in [-0.4, -0.2) is 45.2 Å². The summed E-state index contributed by atoms with van der Waals surface area (Å²) < 4.78 is 6.88. The zero-order chi connectivity index (χ0) is 17.2. The van der Waals surface area contributed by atoms with Crippen LogP contribution in [0.5, 0.6) is 5.19 Å². The number of benzene rings is 1. The van der Waals surface area contributed by atoms with Crippen molar-refractivity contribution in [1.82, 2.24) is 20.1 Å². The maximum atomic E-state index is 12.8. The molecule has 1 aliphatic rings. The lowest BCUT2D eigenvalue weighted by Crippen LogP contribution is -2.41. The van der Waals surface area contributed by atoms with Gasteiger partial charge in [-0.25, -0.2) is 4.98 Å². The first-order valence-corrected chi connectivity index (χ1v) is 10.0. The highest BCUT2D eigenvalue weighted by atomic mass is 32.1. The van der Waals surface area contributed by atoms with E-state index in [-0.39, 0.29) is 12.0 Å². The predicted molar refractivity (Wildman–Crippen MR) is 98.5 cm³/mol. The van der Waals surface area contributed by atoms with Crippen LogP contribution in [0, 0.1) is 0 Å². The number of carbonyl (C=O) groups excluding carboxylic acids is 1. The molecule has 6 nitrogen and oxygen atoms in total. The Morgan fingerprint density at radius 1 is 1.36 bits per heavy atom. The minimum absolute atomic E-state index is 0.0858. The molecule has 0 unspecified atom stereocenters. The lowest BCUT2D eigenvalue weighted by atomic mass is 10.1. The van der Waals surface area contributed by atoms with Crippen LogP contribution in [0.1, 0.15) is 35.1 Å². The highest BCUT2D eigenvalue weighted by Gasteiger charge is 2.25. The van der Waals surface area contributed by atoms with Gasteiger partial charge in [0.05, 0.1) is 15.2 Å². The van der Waals surface area contributed by atoms with Crippen molar-refractivity contribution in [3.05, 3.63) is 34.3 Å². The van der Waals surface area contributed by atoms with Crippen molar-refractivity contribution in [3.8, 4) is 5.19 Å². The SMILES string of the molecule is CCc1nc2ccc(C(=O)N3CCC(Oc4nncs4)CC3)cc2s1. The Kier molecular flexibility index (Phi) is 4.63. The van der Waals surface area contributed by atoms with Gasteiger partial charge in [-0.15, -0.1) is 21.5 Å². The molecule has 0 atom stereocenters. The Hall–Kier alpha value is -2.06. The van der Waals surface area contributed by atoms with Crippen molar-refractivity contribution >= 4 is 38.8 Å². The molecule has 1 fully saturated rings. The number of hydrogen-bond donors (Lipinski definition) is 0. The molecule has 3 aromatic rings. The minimum atomic E-state index is 0.0858. The molecule has 2 aromatic heterocycles.